The van der Waals surface area contributed by atoms with Crippen LogP contribution in [0.5, 0.6) is 5.75 Å². The molecule has 0 aliphatic carbocycles. The molecule has 4 nitrogen and oxygen atoms in total. The number of rotatable bonds is 9. The first-order valence-electron chi connectivity index (χ1n) is 9.91. The quantitative estimate of drug-likeness (QED) is 0.637. The fourth-order valence-electron chi connectivity index (χ4n) is 3.44. The molecule has 3 rings (SSSR count). The number of hydrogen-bond donors (Lipinski definition) is 0. The van der Waals surface area contributed by atoms with Crippen LogP contribution in [-0.2, 0) is 13.0 Å². The second kappa shape index (κ2) is 10.7. The van der Waals surface area contributed by atoms with Gasteiger partial charge >= 0.3 is 0 Å². The predicted octanol–water partition coefficient (Wildman–Crippen LogP) is 3.73. The van der Waals surface area contributed by atoms with Crippen molar-refractivity contribution >= 4 is 0 Å². The van der Waals surface area contributed by atoms with Gasteiger partial charge < -0.3 is 4.74 Å². The largest absolute Gasteiger partial charge is 0.494 e. The summed E-state index contributed by atoms with van der Waals surface area (Å²) < 4.78 is 5.88. The smallest absolute Gasteiger partial charge is 0.119 e. The summed E-state index contributed by atoms with van der Waals surface area (Å²) in [5.74, 6) is 0.952. The summed E-state index contributed by atoms with van der Waals surface area (Å²) in [5, 5.41) is 8.69. The zero-order valence-electron chi connectivity index (χ0n) is 16.0. The van der Waals surface area contributed by atoms with Crippen LogP contribution in [0.3, 0.4) is 0 Å². The first-order valence-corrected chi connectivity index (χ1v) is 9.91. The molecule has 4 heteroatoms. The molecule has 1 heterocycles. The van der Waals surface area contributed by atoms with Crippen molar-refractivity contribution in [3.63, 3.8) is 0 Å². The average molecular weight is 364 g/mol. The summed E-state index contributed by atoms with van der Waals surface area (Å²) in [5.41, 5.74) is 2.70. The highest BCUT2D eigenvalue weighted by atomic mass is 16.5. The lowest BCUT2D eigenvalue weighted by molar-refractivity contribution is 0.129. The minimum absolute atomic E-state index is 0.632. The summed E-state index contributed by atoms with van der Waals surface area (Å²) >= 11 is 0. The molecular formula is C23H29N3O. The van der Waals surface area contributed by atoms with Gasteiger partial charge in [-0.3, -0.25) is 9.80 Å². The minimum atomic E-state index is 0.632. The van der Waals surface area contributed by atoms with E-state index in [1.54, 1.807) is 0 Å². The number of benzene rings is 2. The molecule has 0 N–H and O–H groups in total. The van der Waals surface area contributed by atoms with Gasteiger partial charge in [0.1, 0.15) is 5.75 Å². The van der Waals surface area contributed by atoms with Crippen molar-refractivity contribution in [2.24, 2.45) is 0 Å². The van der Waals surface area contributed by atoms with E-state index in [-0.39, 0.29) is 0 Å². The molecule has 0 atom stereocenters. The van der Waals surface area contributed by atoms with E-state index in [9.17, 15) is 0 Å². The lowest BCUT2D eigenvalue weighted by atomic mass is 10.1. The topological polar surface area (TPSA) is 39.5 Å². The summed E-state index contributed by atoms with van der Waals surface area (Å²) in [6.07, 6.45) is 2.72. The summed E-state index contributed by atoms with van der Waals surface area (Å²) in [4.78, 5) is 4.87. The first-order chi connectivity index (χ1) is 13.3. The van der Waals surface area contributed by atoms with E-state index in [0.717, 1.165) is 64.5 Å². The highest BCUT2D eigenvalue weighted by Gasteiger charge is 2.16. The Hall–Kier alpha value is -2.35. The molecule has 1 aliphatic heterocycles. The standard InChI is InChI=1S/C23H29N3O/c24-13-5-14-25-15-17-26(18-16-25)20-22-9-11-23(12-10-22)27-19-4-8-21-6-2-1-3-7-21/h1-3,6-7,9-12H,4-5,8,14-20H2. The van der Waals surface area contributed by atoms with Crippen molar-refractivity contribution < 1.29 is 4.74 Å². The Kier molecular flexibility index (Phi) is 7.70. The zero-order chi connectivity index (χ0) is 18.7. The van der Waals surface area contributed by atoms with Crippen LogP contribution in [0, 0.1) is 11.3 Å². The SMILES string of the molecule is N#CCCN1CCN(Cc2ccc(OCCCc3ccccc3)cc2)CC1. The van der Waals surface area contributed by atoms with Crippen LogP contribution >= 0.6 is 0 Å². The highest BCUT2D eigenvalue weighted by Crippen LogP contribution is 2.15. The normalized spacial score (nSPS) is 15.4. The van der Waals surface area contributed by atoms with E-state index in [0.29, 0.717) is 6.42 Å². The lowest BCUT2D eigenvalue weighted by Gasteiger charge is -2.34. The molecule has 0 unspecified atom stereocenters. The van der Waals surface area contributed by atoms with Crippen LogP contribution in [0.1, 0.15) is 24.0 Å². The van der Waals surface area contributed by atoms with E-state index >= 15 is 0 Å². The van der Waals surface area contributed by atoms with Crippen LogP contribution < -0.4 is 4.74 Å². The molecule has 1 saturated heterocycles. The Bertz CT molecular complexity index is 701. The summed E-state index contributed by atoms with van der Waals surface area (Å²) in [6, 6.07) is 21.3. The van der Waals surface area contributed by atoms with Crippen LogP contribution in [0.2, 0.25) is 0 Å². The average Bonchev–Trinajstić information content (AvgIpc) is 2.73. The maximum absolute atomic E-state index is 8.69. The number of ether oxygens (including phenoxy) is 1. The molecule has 0 spiro atoms. The number of hydrogen-bond acceptors (Lipinski definition) is 4. The fraction of sp³-hybridized carbons (Fsp3) is 0.435. The molecule has 142 valence electrons. The van der Waals surface area contributed by atoms with Gasteiger partial charge in [0, 0.05) is 45.7 Å². The molecule has 0 bridgehead atoms. The van der Waals surface area contributed by atoms with Crippen molar-refractivity contribution in [3.8, 4) is 11.8 Å². The van der Waals surface area contributed by atoms with Gasteiger partial charge in [-0.25, -0.2) is 0 Å². The molecule has 2 aromatic carbocycles. The summed E-state index contributed by atoms with van der Waals surface area (Å²) in [6.45, 7) is 6.90. The van der Waals surface area contributed by atoms with Crippen molar-refractivity contribution in [1.29, 1.82) is 5.26 Å². The molecule has 0 radical (unpaired) electrons. The number of piperazine rings is 1. The molecule has 0 aromatic heterocycles. The van der Waals surface area contributed by atoms with E-state index < -0.39 is 0 Å². The van der Waals surface area contributed by atoms with E-state index in [4.69, 9.17) is 10.00 Å². The van der Waals surface area contributed by atoms with Crippen molar-refractivity contribution in [3.05, 3.63) is 65.7 Å². The Labute approximate surface area is 163 Å². The lowest BCUT2D eigenvalue weighted by Crippen LogP contribution is -2.46. The number of nitrogens with zero attached hydrogens (tertiary/aromatic N) is 3. The number of nitriles is 1. The fourth-order valence-corrected chi connectivity index (χ4v) is 3.44. The van der Waals surface area contributed by atoms with Gasteiger partial charge in [0.2, 0.25) is 0 Å². The van der Waals surface area contributed by atoms with Crippen molar-refractivity contribution in [2.75, 3.05) is 39.3 Å². The van der Waals surface area contributed by atoms with Crippen molar-refractivity contribution in [1.82, 2.24) is 9.80 Å². The van der Waals surface area contributed by atoms with E-state index in [1.165, 1.54) is 11.1 Å². The van der Waals surface area contributed by atoms with Gasteiger partial charge in [0.15, 0.2) is 0 Å². The van der Waals surface area contributed by atoms with Gasteiger partial charge in [-0.2, -0.15) is 5.26 Å². The van der Waals surface area contributed by atoms with E-state index in [2.05, 4.69) is 70.5 Å². The van der Waals surface area contributed by atoms with Crippen LogP contribution in [0.4, 0.5) is 0 Å². The van der Waals surface area contributed by atoms with E-state index in [1.807, 2.05) is 0 Å². The molecule has 2 aromatic rings. The molecule has 0 saturated carbocycles. The maximum Gasteiger partial charge on any atom is 0.119 e. The third kappa shape index (κ3) is 6.71. The number of aryl methyl sites for hydroxylation is 1. The molecule has 0 amide bonds. The molecule has 1 aliphatic rings. The second-order valence-electron chi connectivity index (χ2n) is 7.11. The van der Waals surface area contributed by atoms with Gasteiger partial charge in [0.05, 0.1) is 12.7 Å². The molecule has 27 heavy (non-hydrogen) atoms. The van der Waals surface area contributed by atoms with Crippen LogP contribution in [-0.4, -0.2) is 49.1 Å². The Morgan fingerprint density at radius 2 is 1.56 bits per heavy atom. The highest BCUT2D eigenvalue weighted by molar-refractivity contribution is 5.27. The van der Waals surface area contributed by atoms with Gasteiger partial charge in [-0.15, -0.1) is 0 Å². The first kappa shape index (κ1) is 19.4. The third-order valence-corrected chi connectivity index (χ3v) is 5.06. The molecule has 1 fully saturated rings. The zero-order valence-corrected chi connectivity index (χ0v) is 16.0. The summed E-state index contributed by atoms with van der Waals surface area (Å²) in [7, 11) is 0. The second-order valence-corrected chi connectivity index (χ2v) is 7.11. The predicted molar refractivity (Wildman–Crippen MR) is 109 cm³/mol. The van der Waals surface area contributed by atoms with Crippen LogP contribution in [0.25, 0.3) is 0 Å². The Morgan fingerprint density at radius 3 is 2.26 bits per heavy atom. The van der Waals surface area contributed by atoms with Crippen molar-refractivity contribution in [2.45, 2.75) is 25.8 Å². The minimum Gasteiger partial charge on any atom is -0.494 e. The Morgan fingerprint density at radius 1 is 0.852 bits per heavy atom. The van der Waals surface area contributed by atoms with Gasteiger partial charge in [0.25, 0.3) is 0 Å². The maximum atomic E-state index is 8.69. The monoisotopic (exact) mass is 363 g/mol. The van der Waals surface area contributed by atoms with Gasteiger partial charge in [-0.05, 0) is 36.1 Å². The Balaban J connectivity index is 1.35. The van der Waals surface area contributed by atoms with Crippen LogP contribution in [0.15, 0.2) is 54.6 Å². The van der Waals surface area contributed by atoms with Gasteiger partial charge in [-0.1, -0.05) is 42.5 Å². The third-order valence-electron chi connectivity index (χ3n) is 5.06. The molecular weight excluding hydrogens is 334 g/mol.